The molecule has 0 fully saturated rings. The van der Waals surface area contributed by atoms with Gasteiger partial charge in [-0.2, -0.15) is 8.78 Å². The highest BCUT2D eigenvalue weighted by molar-refractivity contribution is 5.88. The predicted octanol–water partition coefficient (Wildman–Crippen LogP) is 3.76. The van der Waals surface area contributed by atoms with E-state index in [9.17, 15) is 13.6 Å². The highest BCUT2D eigenvalue weighted by atomic mass is 19.3. The largest absolute Gasteiger partial charge is 0.495 e. The van der Waals surface area contributed by atoms with Gasteiger partial charge in [0.25, 0.3) is 0 Å². The van der Waals surface area contributed by atoms with Gasteiger partial charge in [-0.15, -0.1) is 0 Å². The molecular formula is C20H20F2N6O3. The van der Waals surface area contributed by atoms with E-state index in [4.69, 9.17) is 9.47 Å². The molecule has 0 bridgehead atoms. The Balaban J connectivity index is 2.07. The monoisotopic (exact) mass is 430 g/mol. The minimum atomic E-state index is -3.29. The fraction of sp³-hybridized carbons (Fsp3) is 0.250. The van der Waals surface area contributed by atoms with E-state index in [1.54, 1.807) is 6.07 Å². The molecule has 3 rings (SSSR count). The van der Waals surface area contributed by atoms with Crippen LogP contribution in [0.5, 0.6) is 11.5 Å². The first-order chi connectivity index (χ1) is 14.7. The number of hydrogen-bond acceptors (Lipinski definition) is 8. The smallest absolute Gasteiger partial charge is 0.303 e. The summed E-state index contributed by atoms with van der Waals surface area (Å²) in [6.07, 6.45) is 4.36. The summed E-state index contributed by atoms with van der Waals surface area (Å²) in [6.45, 7) is 2.05. The van der Waals surface area contributed by atoms with Gasteiger partial charge in [-0.05, 0) is 6.07 Å². The quantitative estimate of drug-likeness (QED) is 0.583. The van der Waals surface area contributed by atoms with E-state index in [1.807, 2.05) is 0 Å². The molecule has 0 aliphatic heterocycles. The first-order valence-corrected chi connectivity index (χ1v) is 9.05. The second kappa shape index (κ2) is 8.86. The predicted molar refractivity (Wildman–Crippen MR) is 110 cm³/mol. The molecule has 0 aromatic carbocycles. The van der Waals surface area contributed by atoms with Gasteiger partial charge in [-0.1, -0.05) is 0 Å². The van der Waals surface area contributed by atoms with Crippen LogP contribution in [0.2, 0.25) is 0 Å². The SMILES string of the molecule is COc1cncc(-c2cc(Nc3cc(NC(C)=O)ncc3OC)nc(C(C)(F)F)n2)c1. The number of carbonyl (C=O) groups is 1. The van der Waals surface area contributed by atoms with E-state index in [-0.39, 0.29) is 23.2 Å². The number of carbonyl (C=O) groups excluding carboxylic acids is 1. The Bertz CT molecular complexity index is 1100. The Morgan fingerprint density at radius 1 is 1.03 bits per heavy atom. The number of anilines is 3. The first-order valence-electron chi connectivity index (χ1n) is 9.05. The van der Waals surface area contributed by atoms with Crippen LogP contribution in [0.25, 0.3) is 11.3 Å². The maximum absolute atomic E-state index is 14.1. The van der Waals surface area contributed by atoms with Gasteiger partial charge in [0, 0.05) is 37.7 Å². The van der Waals surface area contributed by atoms with Crippen LogP contribution >= 0.6 is 0 Å². The zero-order valence-electron chi connectivity index (χ0n) is 17.2. The molecule has 0 spiro atoms. The van der Waals surface area contributed by atoms with Gasteiger partial charge < -0.3 is 20.1 Å². The highest BCUT2D eigenvalue weighted by Gasteiger charge is 2.29. The topological polar surface area (TPSA) is 111 Å². The van der Waals surface area contributed by atoms with Crippen LogP contribution in [-0.2, 0) is 10.7 Å². The Hall–Kier alpha value is -3.89. The molecule has 0 unspecified atom stereocenters. The van der Waals surface area contributed by atoms with E-state index >= 15 is 0 Å². The molecule has 3 aromatic heterocycles. The molecule has 0 aliphatic carbocycles. The fourth-order valence-electron chi connectivity index (χ4n) is 2.62. The molecule has 0 saturated heterocycles. The average molecular weight is 430 g/mol. The van der Waals surface area contributed by atoms with Gasteiger partial charge >= 0.3 is 5.92 Å². The summed E-state index contributed by atoms with van der Waals surface area (Å²) < 4.78 is 38.6. The molecule has 0 saturated carbocycles. The number of hydrogen-bond donors (Lipinski definition) is 2. The number of nitrogens with one attached hydrogen (secondary N) is 2. The average Bonchev–Trinajstić information content (AvgIpc) is 2.73. The van der Waals surface area contributed by atoms with Crippen molar-refractivity contribution in [3.05, 3.63) is 42.6 Å². The second-order valence-electron chi connectivity index (χ2n) is 6.54. The van der Waals surface area contributed by atoms with Crippen molar-refractivity contribution in [1.82, 2.24) is 19.9 Å². The van der Waals surface area contributed by atoms with Crippen molar-refractivity contribution in [2.45, 2.75) is 19.8 Å². The van der Waals surface area contributed by atoms with Crippen molar-refractivity contribution >= 4 is 23.2 Å². The maximum Gasteiger partial charge on any atom is 0.303 e. The normalized spacial score (nSPS) is 11.0. The number of alkyl halides is 2. The van der Waals surface area contributed by atoms with Crippen molar-refractivity contribution in [1.29, 1.82) is 0 Å². The molecule has 11 heteroatoms. The number of amides is 1. The number of pyridine rings is 2. The summed E-state index contributed by atoms with van der Waals surface area (Å²) in [5.41, 5.74) is 1.05. The van der Waals surface area contributed by atoms with E-state index in [0.717, 1.165) is 0 Å². The van der Waals surface area contributed by atoms with Crippen LogP contribution in [0.4, 0.5) is 26.1 Å². The van der Waals surface area contributed by atoms with E-state index in [2.05, 4.69) is 30.6 Å². The fourth-order valence-corrected chi connectivity index (χ4v) is 2.62. The number of rotatable bonds is 7. The standard InChI is InChI=1S/C20H20F2N6O3/c1-11(29)25-17-7-15(16(31-4)10-24-17)26-18-6-14(27-19(28-18)20(2,21)22)12-5-13(30-3)9-23-8-12/h5-10H,1-4H3,(H2,24,25,26,27,28,29). The lowest BCUT2D eigenvalue weighted by Crippen LogP contribution is -2.14. The summed E-state index contributed by atoms with van der Waals surface area (Å²) >= 11 is 0. The molecular weight excluding hydrogens is 410 g/mol. The van der Waals surface area contributed by atoms with Crippen molar-refractivity contribution in [3.63, 3.8) is 0 Å². The van der Waals surface area contributed by atoms with Crippen LogP contribution < -0.4 is 20.1 Å². The molecule has 1 amide bonds. The summed E-state index contributed by atoms with van der Waals surface area (Å²) in [5.74, 6) is -3.17. The minimum absolute atomic E-state index is 0.0858. The summed E-state index contributed by atoms with van der Waals surface area (Å²) in [5, 5.41) is 5.48. The Labute approximate surface area is 176 Å². The Morgan fingerprint density at radius 3 is 2.45 bits per heavy atom. The van der Waals surface area contributed by atoms with E-state index in [0.29, 0.717) is 29.7 Å². The van der Waals surface area contributed by atoms with Crippen LogP contribution in [0, 0.1) is 0 Å². The van der Waals surface area contributed by atoms with Crippen LogP contribution in [0.1, 0.15) is 19.7 Å². The Morgan fingerprint density at radius 2 is 1.81 bits per heavy atom. The summed E-state index contributed by atoms with van der Waals surface area (Å²) in [4.78, 5) is 27.4. The zero-order valence-corrected chi connectivity index (χ0v) is 17.2. The van der Waals surface area contributed by atoms with Crippen molar-refractivity contribution in [2.24, 2.45) is 0 Å². The lowest BCUT2D eigenvalue weighted by Gasteiger charge is -2.16. The second-order valence-corrected chi connectivity index (χ2v) is 6.54. The van der Waals surface area contributed by atoms with Crippen molar-refractivity contribution in [2.75, 3.05) is 24.9 Å². The number of methoxy groups -OCH3 is 2. The highest BCUT2D eigenvalue weighted by Crippen LogP contribution is 2.32. The molecule has 31 heavy (non-hydrogen) atoms. The maximum atomic E-state index is 14.1. The number of aromatic nitrogens is 4. The number of nitrogens with zero attached hydrogens (tertiary/aromatic N) is 4. The molecule has 2 N–H and O–H groups in total. The van der Waals surface area contributed by atoms with Crippen molar-refractivity contribution < 1.29 is 23.0 Å². The van der Waals surface area contributed by atoms with E-state index < -0.39 is 11.7 Å². The molecule has 162 valence electrons. The van der Waals surface area contributed by atoms with Crippen molar-refractivity contribution in [3.8, 4) is 22.8 Å². The first kappa shape index (κ1) is 21.8. The Kier molecular flexibility index (Phi) is 6.23. The molecule has 3 aromatic rings. The van der Waals surface area contributed by atoms with Gasteiger partial charge in [0.05, 0.1) is 38.0 Å². The van der Waals surface area contributed by atoms with Gasteiger partial charge in [0.1, 0.15) is 17.4 Å². The minimum Gasteiger partial charge on any atom is -0.495 e. The van der Waals surface area contributed by atoms with Crippen LogP contribution in [0.3, 0.4) is 0 Å². The summed E-state index contributed by atoms with van der Waals surface area (Å²) in [6, 6.07) is 4.61. The van der Waals surface area contributed by atoms with Gasteiger partial charge in [0.2, 0.25) is 11.7 Å². The third kappa shape index (κ3) is 5.38. The lowest BCUT2D eigenvalue weighted by atomic mass is 10.2. The third-order valence-electron chi connectivity index (χ3n) is 4.02. The van der Waals surface area contributed by atoms with E-state index in [1.165, 1.54) is 51.9 Å². The molecule has 9 nitrogen and oxygen atoms in total. The zero-order chi connectivity index (χ0) is 22.6. The molecule has 3 heterocycles. The van der Waals surface area contributed by atoms with Gasteiger partial charge in [-0.3, -0.25) is 9.78 Å². The molecule has 0 atom stereocenters. The number of ether oxygens (including phenoxy) is 2. The number of halogens is 2. The van der Waals surface area contributed by atoms with Crippen LogP contribution in [0.15, 0.2) is 36.8 Å². The van der Waals surface area contributed by atoms with Crippen LogP contribution in [-0.4, -0.2) is 40.1 Å². The van der Waals surface area contributed by atoms with Gasteiger partial charge in [0.15, 0.2) is 5.75 Å². The lowest BCUT2D eigenvalue weighted by molar-refractivity contribution is -0.114. The van der Waals surface area contributed by atoms with Gasteiger partial charge in [-0.25, -0.2) is 15.0 Å². The molecule has 0 radical (unpaired) electrons. The molecule has 0 aliphatic rings. The third-order valence-corrected chi connectivity index (χ3v) is 4.02. The summed E-state index contributed by atoms with van der Waals surface area (Å²) in [7, 11) is 2.90.